The number of imidazole rings is 1. The van der Waals surface area contributed by atoms with Gasteiger partial charge in [0.25, 0.3) is 0 Å². The number of rotatable bonds is 4. The van der Waals surface area contributed by atoms with Crippen molar-refractivity contribution in [2.24, 2.45) is 0 Å². The van der Waals surface area contributed by atoms with E-state index in [1.807, 2.05) is 13.8 Å². The summed E-state index contributed by atoms with van der Waals surface area (Å²) in [6.07, 6.45) is -3.65. The number of benzene rings is 2. The Morgan fingerprint density at radius 3 is 2.00 bits per heavy atom. The van der Waals surface area contributed by atoms with Gasteiger partial charge >= 0.3 is 6.18 Å². The Morgan fingerprint density at radius 1 is 0.966 bits per heavy atom. The number of aryl methyl sites for hydroxylation is 1. The fraction of sp³-hybridized carbons (Fsp3) is 0.250. The van der Waals surface area contributed by atoms with E-state index in [1.165, 1.54) is 23.6 Å². The zero-order valence-corrected chi connectivity index (χ0v) is 15.9. The van der Waals surface area contributed by atoms with Crippen molar-refractivity contribution in [2.45, 2.75) is 33.5 Å². The van der Waals surface area contributed by atoms with Crippen LogP contribution in [0, 0.1) is 24.4 Å². The minimum Gasteiger partial charge on any atom is -0.381 e. The van der Waals surface area contributed by atoms with Crippen molar-refractivity contribution in [2.75, 3.05) is 5.32 Å². The van der Waals surface area contributed by atoms with Gasteiger partial charge in [-0.25, -0.2) is 18.2 Å². The Bertz CT molecular complexity index is 938. The maximum absolute atomic E-state index is 13.6. The quantitative estimate of drug-likeness (QED) is 0.510. The van der Waals surface area contributed by atoms with Gasteiger partial charge in [-0.2, -0.15) is 13.2 Å². The van der Waals surface area contributed by atoms with E-state index < -0.39 is 29.3 Å². The van der Waals surface area contributed by atoms with Crippen molar-refractivity contribution < 1.29 is 26.3 Å². The minimum atomic E-state index is -4.54. The summed E-state index contributed by atoms with van der Waals surface area (Å²) in [5.74, 6) is -2.86. The normalized spacial score (nSPS) is 11.1. The molecule has 0 spiro atoms. The van der Waals surface area contributed by atoms with Crippen LogP contribution in [0.5, 0.6) is 0 Å². The fourth-order valence-electron chi connectivity index (χ4n) is 2.54. The number of anilines is 1. The molecule has 1 heterocycles. The van der Waals surface area contributed by atoms with Gasteiger partial charge in [0, 0.05) is 41.8 Å². The van der Waals surface area contributed by atoms with Gasteiger partial charge in [0.05, 0.1) is 0 Å². The second-order valence-corrected chi connectivity index (χ2v) is 5.79. The average Bonchev–Trinajstić information content (AvgIpc) is 3.05. The summed E-state index contributed by atoms with van der Waals surface area (Å²) in [6.45, 7) is 5.22. The third kappa shape index (κ3) is 5.30. The van der Waals surface area contributed by atoms with Gasteiger partial charge in [-0.1, -0.05) is 13.8 Å². The van der Waals surface area contributed by atoms with E-state index in [1.54, 1.807) is 12.1 Å². The highest BCUT2D eigenvalue weighted by Crippen LogP contribution is 2.29. The predicted octanol–water partition coefficient (Wildman–Crippen LogP) is 6.26. The summed E-state index contributed by atoms with van der Waals surface area (Å²) in [5.41, 5.74) is -0.388. The van der Waals surface area contributed by atoms with Crippen LogP contribution in [0.4, 0.5) is 32.0 Å². The summed E-state index contributed by atoms with van der Waals surface area (Å²) in [4.78, 5) is 3.49. The molecule has 2 aromatic carbocycles. The molecule has 0 saturated carbocycles. The molecular formula is C20H19F6N3. The molecule has 1 aromatic heterocycles. The van der Waals surface area contributed by atoms with E-state index in [2.05, 4.69) is 10.3 Å². The SMILES string of the molecule is CC.Cc1nc(C(F)(F)F)cn1-c1ccc(NCc2c(F)cc(F)cc2F)cc1. The number of halogens is 6. The van der Waals surface area contributed by atoms with E-state index >= 15 is 0 Å². The van der Waals surface area contributed by atoms with Crippen LogP contribution in [-0.2, 0) is 12.7 Å². The second kappa shape index (κ2) is 9.02. The molecule has 3 aromatic rings. The van der Waals surface area contributed by atoms with Crippen LogP contribution in [0.15, 0.2) is 42.6 Å². The second-order valence-electron chi connectivity index (χ2n) is 5.79. The van der Waals surface area contributed by atoms with Gasteiger partial charge in [-0.05, 0) is 31.2 Å². The molecule has 0 aliphatic rings. The molecule has 0 radical (unpaired) electrons. The Balaban J connectivity index is 0.00000145. The molecular weight excluding hydrogens is 396 g/mol. The molecule has 3 nitrogen and oxygen atoms in total. The van der Waals surface area contributed by atoms with E-state index in [4.69, 9.17) is 0 Å². The maximum atomic E-state index is 13.6. The molecule has 0 unspecified atom stereocenters. The highest BCUT2D eigenvalue weighted by atomic mass is 19.4. The molecule has 1 N–H and O–H groups in total. The van der Waals surface area contributed by atoms with Crippen LogP contribution < -0.4 is 5.32 Å². The number of hydrogen-bond donors (Lipinski definition) is 1. The first-order valence-corrected chi connectivity index (χ1v) is 8.76. The van der Waals surface area contributed by atoms with Crippen LogP contribution in [0.3, 0.4) is 0 Å². The van der Waals surface area contributed by atoms with Gasteiger partial charge < -0.3 is 9.88 Å². The van der Waals surface area contributed by atoms with Crippen LogP contribution in [0.2, 0.25) is 0 Å². The van der Waals surface area contributed by atoms with Crippen molar-refractivity contribution in [3.8, 4) is 5.69 Å². The lowest BCUT2D eigenvalue weighted by Crippen LogP contribution is -2.05. The van der Waals surface area contributed by atoms with Gasteiger partial charge in [0.1, 0.15) is 23.3 Å². The molecule has 0 amide bonds. The molecule has 0 atom stereocenters. The zero-order chi connectivity index (χ0) is 21.8. The molecule has 29 heavy (non-hydrogen) atoms. The van der Waals surface area contributed by atoms with E-state index in [-0.39, 0.29) is 17.9 Å². The largest absolute Gasteiger partial charge is 0.434 e. The van der Waals surface area contributed by atoms with Crippen LogP contribution in [0.1, 0.15) is 30.9 Å². The van der Waals surface area contributed by atoms with Crippen molar-refractivity contribution >= 4 is 5.69 Å². The molecule has 0 bridgehead atoms. The van der Waals surface area contributed by atoms with Gasteiger partial charge in [-0.3, -0.25) is 0 Å². The number of nitrogens with zero attached hydrogens (tertiary/aromatic N) is 2. The molecule has 0 fully saturated rings. The van der Waals surface area contributed by atoms with Crippen molar-refractivity contribution in [3.05, 3.63) is 77.1 Å². The van der Waals surface area contributed by atoms with Crippen molar-refractivity contribution in [1.82, 2.24) is 9.55 Å². The van der Waals surface area contributed by atoms with Gasteiger partial charge in [0.2, 0.25) is 0 Å². The lowest BCUT2D eigenvalue weighted by atomic mass is 10.2. The fourth-order valence-corrected chi connectivity index (χ4v) is 2.54. The lowest BCUT2D eigenvalue weighted by Gasteiger charge is -2.10. The monoisotopic (exact) mass is 415 g/mol. The third-order valence-corrected chi connectivity index (χ3v) is 3.89. The zero-order valence-electron chi connectivity index (χ0n) is 15.9. The van der Waals surface area contributed by atoms with Crippen molar-refractivity contribution in [1.29, 1.82) is 0 Å². The first kappa shape index (κ1) is 22.3. The topological polar surface area (TPSA) is 29.9 Å². The number of aromatic nitrogens is 2. The van der Waals surface area contributed by atoms with Gasteiger partial charge in [0.15, 0.2) is 5.69 Å². The summed E-state index contributed by atoms with van der Waals surface area (Å²) in [5, 5.41) is 2.78. The highest BCUT2D eigenvalue weighted by molar-refractivity contribution is 5.49. The summed E-state index contributed by atoms with van der Waals surface area (Å²) in [7, 11) is 0. The first-order chi connectivity index (χ1) is 13.6. The Labute approximate surface area is 164 Å². The van der Waals surface area contributed by atoms with E-state index in [0.717, 1.165) is 6.20 Å². The Kier molecular flexibility index (Phi) is 6.94. The predicted molar refractivity (Wildman–Crippen MR) is 98.3 cm³/mol. The third-order valence-electron chi connectivity index (χ3n) is 3.89. The average molecular weight is 415 g/mol. The maximum Gasteiger partial charge on any atom is 0.434 e. The summed E-state index contributed by atoms with van der Waals surface area (Å²) in [6, 6.07) is 7.33. The van der Waals surface area contributed by atoms with Crippen LogP contribution in [-0.4, -0.2) is 9.55 Å². The molecule has 0 aliphatic heterocycles. The molecule has 9 heteroatoms. The summed E-state index contributed by atoms with van der Waals surface area (Å²) < 4.78 is 79.7. The highest BCUT2D eigenvalue weighted by Gasteiger charge is 2.34. The molecule has 156 valence electrons. The molecule has 3 rings (SSSR count). The minimum absolute atomic E-state index is 0.165. The van der Waals surface area contributed by atoms with Crippen molar-refractivity contribution in [3.63, 3.8) is 0 Å². The Morgan fingerprint density at radius 2 is 1.52 bits per heavy atom. The van der Waals surface area contributed by atoms with E-state index in [9.17, 15) is 26.3 Å². The molecule has 0 aliphatic carbocycles. The smallest absolute Gasteiger partial charge is 0.381 e. The standard InChI is InChI=1S/C18H13F6N3.C2H6/c1-10-26-17(18(22,23)24)9-27(10)13-4-2-12(3-5-13)25-8-14-15(20)6-11(19)7-16(14)21;1-2/h2-7,9,25H,8H2,1H3;1-2H3. The van der Waals surface area contributed by atoms with Crippen LogP contribution >= 0.6 is 0 Å². The number of alkyl halides is 3. The summed E-state index contributed by atoms with van der Waals surface area (Å²) >= 11 is 0. The first-order valence-electron chi connectivity index (χ1n) is 8.76. The van der Waals surface area contributed by atoms with Gasteiger partial charge in [-0.15, -0.1) is 0 Å². The molecule has 0 saturated heterocycles. The number of hydrogen-bond acceptors (Lipinski definition) is 2. The van der Waals surface area contributed by atoms with Crippen LogP contribution in [0.25, 0.3) is 5.69 Å². The Hall–Kier alpha value is -2.97. The lowest BCUT2D eigenvalue weighted by molar-refractivity contribution is -0.141. The van der Waals surface area contributed by atoms with E-state index in [0.29, 0.717) is 23.5 Å². The number of nitrogens with one attached hydrogen (secondary N) is 1.